The topological polar surface area (TPSA) is 102 Å². The summed E-state index contributed by atoms with van der Waals surface area (Å²) in [6.07, 6.45) is 3.72. The molecule has 1 saturated heterocycles. The molecule has 8 heteroatoms. The van der Waals surface area contributed by atoms with Crippen molar-refractivity contribution in [1.29, 1.82) is 0 Å². The lowest BCUT2D eigenvalue weighted by atomic mass is 9.82. The number of rotatable bonds is 9. The van der Waals surface area contributed by atoms with Crippen LogP contribution in [0.3, 0.4) is 0 Å². The molecule has 0 aromatic heterocycles. The van der Waals surface area contributed by atoms with Crippen LogP contribution in [0.25, 0.3) is 0 Å². The molecule has 1 saturated carbocycles. The second-order valence-electron chi connectivity index (χ2n) is 9.63. The monoisotopic (exact) mass is 456 g/mol. The first-order valence-corrected chi connectivity index (χ1v) is 11.9. The number of hydrogen-bond acceptors (Lipinski definition) is 6. The van der Waals surface area contributed by atoms with Gasteiger partial charge >= 0.3 is 5.97 Å². The lowest BCUT2D eigenvalue weighted by Gasteiger charge is -2.33. The molecule has 0 bridgehead atoms. The van der Waals surface area contributed by atoms with Gasteiger partial charge in [0.25, 0.3) is 5.91 Å². The fourth-order valence-corrected chi connectivity index (χ4v) is 4.66. The first-order chi connectivity index (χ1) is 15.8. The number of amides is 3. The predicted molar refractivity (Wildman–Crippen MR) is 119 cm³/mol. The van der Waals surface area contributed by atoms with Crippen molar-refractivity contribution in [2.24, 2.45) is 11.8 Å². The number of piperidine rings is 1. The number of benzene rings is 1. The van der Waals surface area contributed by atoms with E-state index >= 15 is 0 Å². The van der Waals surface area contributed by atoms with Crippen LogP contribution in [0, 0.1) is 11.8 Å². The molecule has 1 aromatic carbocycles. The molecule has 1 aromatic rings. The van der Waals surface area contributed by atoms with Crippen LogP contribution in [0.15, 0.2) is 18.2 Å². The average molecular weight is 457 g/mol. The van der Waals surface area contributed by atoms with Crippen molar-refractivity contribution < 1.29 is 28.7 Å². The Labute approximate surface area is 194 Å². The van der Waals surface area contributed by atoms with E-state index in [2.05, 4.69) is 5.32 Å². The van der Waals surface area contributed by atoms with Gasteiger partial charge in [-0.3, -0.25) is 24.5 Å². The number of carbonyl (C=O) groups excluding carboxylic acids is 4. The highest BCUT2D eigenvalue weighted by molar-refractivity contribution is 6.05. The number of fused-ring (bicyclic) bond motifs is 1. The second-order valence-corrected chi connectivity index (χ2v) is 9.63. The Morgan fingerprint density at radius 3 is 2.73 bits per heavy atom. The van der Waals surface area contributed by atoms with Gasteiger partial charge in [0.15, 0.2) is 0 Å². The van der Waals surface area contributed by atoms with E-state index in [-0.39, 0.29) is 36.2 Å². The highest BCUT2D eigenvalue weighted by Crippen LogP contribution is 2.32. The van der Waals surface area contributed by atoms with E-state index in [1.54, 1.807) is 11.0 Å². The Kier molecular flexibility index (Phi) is 7.12. The minimum absolute atomic E-state index is 0.0459. The molecular formula is C25H32N2O6. The van der Waals surface area contributed by atoms with Gasteiger partial charge in [-0.25, -0.2) is 0 Å². The average Bonchev–Trinajstić information content (AvgIpc) is 3.07. The van der Waals surface area contributed by atoms with Crippen LogP contribution in [0.4, 0.5) is 0 Å². The van der Waals surface area contributed by atoms with Gasteiger partial charge in [-0.05, 0) is 55.2 Å². The summed E-state index contributed by atoms with van der Waals surface area (Å²) in [6.45, 7) is 5.48. The van der Waals surface area contributed by atoms with Gasteiger partial charge < -0.3 is 14.4 Å². The van der Waals surface area contributed by atoms with Gasteiger partial charge in [0.1, 0.15) is 6.04 Å². The molecule has 1 unspecified atom stereocenters. The lowest BCUT2D eigenvalue weighted by Crippen LogP contribution is -2.52. The van der Waals surface area contributed by atoms with Crippen molar-refractivity contribution >= 4 is 23.7 Å². The highest BCUT2D eigenvalue weighted by Gasteiger charge is 2.40. The summed E-state index contributed by atoms with van der Waals surface area (Å²) < 4.78 is 11.2. The maximum Gasteiger partial charge on any atom is 0.309 e. The van der Waals surface area contributed by atoms with Crippen LogP contribution in [0.1, 0.15) is 67.4 Å². The molecule has 2 fully saturated rings. The third kappa shape index (κ3) is 5.27. The molecule has 0 spiro atoms. The lowest BCUT2D eigenvalue weighted by molar-refractivity contribution is -0.159. The maximum atomic E-state index is 12.9. The van der Waals surface area contributed by atoms with Crippen LogP contribution in [0.5, 0.6) is 0 Å². The van der Waals surface area contributed by atoms with E-state index in [4.69, 9.17) is 9.47 Å². The number of nitrogens with zero attached hydrogens (tertiary/aromatic N) is 1. The Morgan fingerprint density at radius 1 is 1.21 bits per heavy atom. The van der Waals surface area contributed by atoms with E-state index < -0.39 is 11.9 Å². The fraction of sp³-hybridized carbons (Fsp3) is 0.600. The molecule has 4 rings (SSSR count). The zero-order valence-corrected chi connectivity index (χ0v) is 19.3. The van der Waals surface area contributed by atoms with E-state index in [9.17, 15) is 19.2 Å². The van der Waals surface area contributed by atoms with Crippen molar-refractivity contribution in [2.45, 2.75) is 71.1 Å². The number of carbonyl (C=O) groups is 4. The van der Waals surface area contributed by atoms with Crippen molar-refractivity contribution in [3.05, 3.63) is 34.9 Å². The molecule has 2 heterocycles. The molecule has 1 N–H and O–H groups in total. The molecular weight excluding hydrogens is 424 g/mol. The van der Waals surface area contributed by atoms with Crippen LogP contribution >= 0.6 is 0 Å². The minimum Gasteiger partial charge on any atom is -0.465 e. The smallest absolute Gasteiger partial charge is 0.309 e. The summed E-state index contributed by atoms with van der Waals surface area (Å²) in [5, 5.41) is 2.34. The van der Waals surface area contributed by atoms with E-state index in [0.29, 0.717) is 50.5 Å². The standard InChI is InChI=1S/C25H32N2O6/c1-15(2)14-33-25(31)17-11-18(12-17)32-10-4-6-16-5-3-7-19-20(16)13-27(24(19)30)21-8-9-22(28)26-23(21)29/h3,5,7,15,17-18,21H,4,6,8-14H2,1-2H3,(H,26,28,29)/t17-,18-,21?. The number of imide groups is 1. The van der Waals surface area contributed by atoms with Gasteiger partial charge in [0, 0.05) is 25.1 Å². The van der Waals surface area contributed by atoms with Gasteiger partial charge in [0.2, 0.25) is 11.8 Å². The SMILES string of the molecule is CC(C)COC(=O)[C@H]1C[C@H](OCCCc2cccc3c2CN(C2CCC(=O)NC2=O)C3=O)C1. The fourth-order valence-electron chi connectivity index (χ4n) is 4.66. The first kappa shape index (κ1) is 23.4. The van der Waals surface area contributed by atoms with Crippen molar-refractivity contribution in [2.75, 3.05) is 13.2 Å². The van der Waals surface area contributed by atoms with Gasteiger partial charge in [-0.1, -0.05) is 26.0 Å². The summed E-state index contributed by atoms with van der Waals surface area (Å²) in [7, 11) is 0. The number of nitrogens with one attached hydrogen (secondary N) is 1. The summed E-state index contributed by atoms with van der Waals surface area (Å²) in [6, 6.07) is 5.10. The normalized spacial score (nSPS) is 24.5. The third-order valence-corrected chi connectivity index (χ3v) is 6.61. The van der Waals surface area contributed by atoms with E-state index in [1.807, 2.05) is 26.0 Å². The first-order valence-electron chi connectivity index (χ1n) is 11.9. The van der Waals surface area contributed by atoms with Gasteiger partial charge in [-0.15, -0.1) is 0 Å². The zero-order chi connectivity index (χ0) is 23.5. The summed E-state index contributed by atoms with van der Waals surface area (Å²) in [5.74, 6) is -0.654. The molecule has 2 aliphatic heterocycles. The molecule has 33 heavy (non-hydrogen) atoms. The number of aryl methyl sites for hydroxylation is 1. The third-order valence-electron chi connectivity index (χ3n) is 6.61. The minimum atomic E-state index is -0.599. The van der Waals surface area contributed by atoms with Crippen molar-refractivity contribution in [3.8, 4) is 0 Å². The molecule has 1 aliphatic carbocycles. The van der Waals surface area contributed by atoms with Crippen LogP contribution in [-0.4, -0.2) is 54.0 Å². The number of ether oxygens (including phenoxy) is 2. The molecule has 178 valence electrons. The molecule has 0 radical (unpaired) electrons. The molecule has 3 aliphatic rings. The van der Waals surface area contributed by atoms with E-state index in [0.717, 1.165) is 24.0 Å². The van der Waals surface area contributed by atoms with E-state index in [1.165, 1.54) is 0 Å². The van der Waals surface area contributed by atoms with Crippen LogP contribution in [-0.2, 0) is 36.8 Å². The van der Waals surface area contributed by atoms with Crippen molar-refractivity contribution in [1.82, 2.24) is 10.2 Å². The summed E-state index contributed by atoms with van der Waals surface area (Å²) in [4.78, 5) is 50.1. The zero-order valence-electron chi connectivity index (χ0n) is 19.3. The largest absolute Gasteiger partial charge is 0.465 e. The van der Waals surface area contributed by atoms with Crippen LogP contribution in [0.2, 0.25) is 0 Å². The number of hydrogen-bond donors (Lipinski definition) is 1. The summed E-state index contributed by atoms with van der Waals surface area (Å²) >= 11 is 0. The second kappa shape index (κ2) is 10.0. The Hall–Kier alpha value is -2.74. The summed E-state index contributed by atoms with van der Waals surface area (Å²) in [5.41, 5.74) is 2.69. The van der Waals surface area contributed by atoms with Gasteiger partial charge in [0.05, 0.1) is 18.6 Å². The van der Waals surface area contributed by atoms with Crippen LogP contribution < -0.4 is 5.32 Å². The Bertz CT molecular complexity index is 937. The molecule has 3 amide bonds. The number of esters is 1. The Morgan fingerprint density at radius 2 is 2.00 bits per heavy atom. The van der Waals surface area contributed by atoms with Gasteiger partial charge in [-0.2, -0.15) is 0 Å². The maximum absolute atomic E-state index is 12.9. The van der Waals surface area contributed by atoms with Crippen molar-refractivity contribution in [3.63, 3.8) is 0 Å². The Balaban J connectivity index is 1.23. The predicted octanol–water partition coefficient (Wildman–Crippen LogP) is 2.37. The molecule has 8 nitrogen and oxygen atoms in total. The highest BCUT2D eigenvalue weighted by atomic mass is 16.5. The molecule has 1 atom stereocenters. The quantitative estimate of drug-likeness (QED) is 0.348.